The lowest BCUT2D eigenvalue weighted by atomic mass is 10.3. The van der Waals surface area contributed by atoms with Gasteiger partial charge in [0.2, 0.25) is 0 Å². The zero-order chi connectivity index (χ0) is 17.9. The molecule has 4 N–H and O–H groups in total. The zero-order valence-electron chi connectivity index (χ0n) is 13.8. The van der Waals surface area contributed by atoms with E-state index in [2.05, 4.69) is 25.4 Å². The summed E-state index contributed by atoms with van der Waals surface area (Å²) in [5.74, 6) is 0.422. The second-order valence-corrected chi connectivity index (χ2v) is 7.62. The van der Waals surface area contributed by atoms with Crippen molar-refractivity contribution in [3.05, 3.63) is 29.6 Å². The molecule has 0 aliphatic heterocycles. The monoisotopic (exact) mass is 401 g/mol. The van der Waals surface area contributed by atoms with Gasteiger partial charge in [-0.2, -0.15) is 0 Å². The van der Waals surface area contributed by atoms with Crippen molar-refractivity contribution in [3.63, 3.8) is 0 Å². The van der Waals surface area contributed by atoms with Crippen LogP contribution in [-0.2, 0) is 0 Å². The minimum atomic E-state index is 0.211. The van der Waals surface area contributed by atoms with Gasteiger partial charge in [-0.05, 0) is 37.2 Å². The van der Waals surface area contributed by atoms with E-state index in [1.54, 1.807) is 18.2 Å². The summed E-state index contributed by atoms with van der Waals surface area (Å²) in [6.45, 7) is 0. The maximum absolute atomic E-state index is 5.93. The molecule has 0 aromatic carbocycles. The Morgan fingerprint density at radius 1 is 0.750 bits per heavy atom. The molecule has 1 aromatic heterocycles. The third-order valence-electron chi connectivity index (χ3n) is 2.45. The molecule has 0 saturated heterocycles. The molecule has 1 rings (SSSR count). The Morgan fingerprint density at radius 2 is 1.12 bits per heavy atom. The molecule has 1 heterocycles. The van der Waals surface area contributed by atoms with E-state index in [-0.39, 0.29) is 11.7 Å². The average molecular weight is 402 g/mol. The van der Waals surface area contributed by atoms with Gasteiger partial charge in [0.15, 0.2) is 20.4 Å². The van der Waals surface area contributed by atoms with Crippen molar-refractivity contribution >= 4 is 67.5 Å². The van der Waals surface area contributed by atoms with Crippen LogP contribution < -0.4 is 11.5 Å². The number of nitrogens with zero attached hydrogens (tertiary/aromatic N) is 5. The highest BCUT2D eigenvalue weighted by atomic mass is 32.2. The summed E-state index contributed by atoms with van der Waals surface area (Å²) in [6.07, 6.45) is 7.70. The van der Waals surface area contributed by atoms with Gasteiger partial charge in [-0.25, -0.2) is 4.98 Å². The minimum absolute atomic E-state index is 0.211. The third-order valence-corrected chi connectivity index (χ3v) is 6.17. The van der Waals surface area contributed by atoms with E-state index in [0.717, 1.165) is 8.75 Å². The van der Waals surface area contributed by atoms with Crippen molar-refractivity contribution < 1.29 is 0 Å². The van der Waals surface area contributed by atoms with Crippen LogP contribution in [0, 0.1) is 0 Å². The molecular weight excluding hydrogens is 382 g/mol. The number of aromatic nitrogens is 1. The van der Waals surface area contributed by atoms with Gasteiger partial charge >= 0.3 is 0 Å². The van der Waals surface area contributed by atoms with Gasteiger partial charge in [0, 0.05) is 0 Å². The first-order valence-electron chi connectivity index (χ1n) is 6.51. The fourth-order valence-electron chi connectivity index (χ4n) is 1.34. The second-order valence-electron chi connectivity index (χ2n) is 3.93. The molecule has 0 atom stereocenters. The van der Waals surface area contributed by atoms with Crippen molar-refractivity contribution in [2.24, 2.45) is 31.9 Å². The van der Waals surface area contributed by atoms with Crippen LogP contribution in [0.4, 0.5) is 0 Å². The first kappa shape index (κ1) is 20.9. The molecule has 0 radical (unpaired) electrons. The highest BCUT2D eigenvalue weighted by Gasteiger charge is 2.06. The van der Waals surface area contributed by atoms with Crippen LogP contribution in [0.15, 0.2) is 38.6 Å². The fourth-order valence-corrected chi connectivity index (χ4v) is 3.17. The van der Waals surface area contributed by atoms with Crippen molar-refractivity contribution in [3.8, 4) is 0 Å². The lowest BCUT2D eigenvalue weighted by Gasteiger charge is -2.03. The van der Waals surface area contributed by atoms with Crippen LogP contribution in [-0.4, -0.2) is 50.4 Å². The van der Waals surface area contributed by atoms with Gasteiger partial charge in [-0.3, -0.25) is 0 Å². The van der Waals surface area contributed by atoms with Gasteiger partial charge < -0.3 is 11.5 Å². The summed E-state index contributed by atoms with van der Waals surface area (Å²) in [4.78, 5) is 4.35. The minimum Gasteiger partial charge on any atom is -0.380 e. The van der Waals surface area contributed by atoms with Crippen LogP contribution in [0.3, 0.4) is 0 Å². The van der Waals surface area contributed by atoms with Crippen LogP contribution in [0.5, 0.6) is 0 Å². The van der Waals surface area contributed by atoms with Crippen LogP contribution in [0.1, 0.15) is 11.4 Å². The first-order valence-corrected chi connectivity index (χ1v) is 11.4. The van der Waals surface area contributed by atoms with Crippen molar-refractivity contribution in [1.82, 2.24) is 4.98 Å². The molecule has 11 heteroatoms. The number of pyridine rings is 1. The van der Waals surface area contributed by atoms with E-state index in [1.165, 1.54) is 47.0 Å². The molecule has 0 aliphatic carbocycles. The third kappa shape index (κ3) is 6.75. The first-order chi connectivity index (χ1) is 11.5. The predicted molar refractivity (Wildman–Crippen MR) is 115 cm³/mol. The predicted octanol–water partition coefficient (Wildman–Crippen LogP) is 2.49. The molecule has 7 nitrogen and oxygen atoms in total. The highest BCUT2D eigenvalue weighted by molar-refractivity contribution is 8.38. The van der Waals surface area contributed by atoms with Crippen molar-refractivity contribution in [1.29, 1.82) is 0 Å². The Kier molecular flexibility index (Phi) is 9.91. The van der Waals surface area contributed by atoms with Crippen LogP contribution in [0.25, 0.3) is 0 Å². The standard InChI is InChI=1S/C13H19N7S4/c1-21-12(22-2)19-17-10(14)8-6-5-7-9(16-8)11(15)18-20-13(23-3)24-4/h5-7H,1-4H3,(H2,14,17)(H2,15,18). The normalized spacial score (nSPS) is 12.0. The Labute approximate surface area is 158 Å². The molecule has 1 aromatic rings. The van der Waals surface area contributed by atoms with E-state index >= 15 is 0 Å². The van der Waals surface area contributed by atoms with Crippen molar-refractivity contribution in [2.75, 3.05) is 25.0 Å². The Morgan fingerprint density at radius 3 is 1.46 bits per heavy atom. The summed E-state index contributed by atoms with van der Waals surface area (Å²) in [5, 5.41) is 16.1. The topological polar surface area (TPSA) is 114 Å². The maximum Gasteiger partial charge on any atom is 0.172 e. The van der Waals surface area contributed by atoms with Crippen LogP contribution >= 0.6 is 47.0 Å². The summed E-state index contributed by atoms with van der Waals surface area (Å²) < 4.78 is 1.62. The van der Waals surface area contributed by atoms with E-state index in [4.69, 9.17) is 11.5 Å². The van der Waals surface area contributed by atoms with Gasteiger partial charge in [0.25, 0.3) is 0 Å². The number of hydrogen-bond donors (Lipinski definition) is 2. The SMILES string of the molecule is CSC(=N/N=C(\N)c1cccc(/C(N)=N/N=C(SC)SC)n1)SC. The molecule has 0 saturated carbocycles. The molecule has 0 aliphatic rings. The van der Waals surface area contributed by atoms with Gasteiger partial charge in [-0.1, -0.05) is 6.07 Å². The smallest absolute Gasteiger partial charge is 0.172 e. The van der Waals surface area contributed by atoms with Gasteiger partial charge in [-0.15, -0.1) is 67.5 Å². The molecule has 0 bridgehead atoms. The molecule has 0 unspecified atom stereocenters. The van der Waals surface area contributed by atoms with Gasteiger partial charge in [0.1, 0.15) is 11.4 Å². The number of amidine groups is 2. The molecule has 0 amide bonds. The van der Waals surface area contributed by atoms with E-state index in [9.17, 15) is 0 Å². The summed E-state index contributed by atoms with van der Waals surface area (Å²) in [6, 6.07) is 5.26. The lowest BCUT2D eigenvalue weighted by Crippen LogP contribution is -2.20. The highest BCUT2D eigenvalue weighted by Crippen LogP contribution is 2.12. The largest absolute Gasteiger partial charge is 0.380 e. The molecular formula is C13H19N7S4. The molecule has 24 heavy (non-hydrogen) atoms. The molecule has 0 fully saturated rings. The quantitative estimate of drug-likeness (QED) is 0.452. The Balaban J connectivity index is 3.06. The summed E-state index contributed by atoms with van der Waals surface area (Å²) in [7, 11) is 0. The molecule has 0 spiro atoms. The Bertz CT molecular complexity index is 605. The van der Waals surface area contributed by atoms with E-state index in [0.29, 0.717) is 11.4 Å². The number of nitrogens with two attached hydrogens (primary N) is 2. The van der Waals surface area contributed by atoms with E-state index < -0.39 is 0 Å². The maximum atomic E-state index is 5.93. The zero-order valence-corrected chi connectivity index (χ0v) is 17.0. The summed E-state index contributed by atoms with van der Waals surface area (Å²) >= 11 is 6.00. The van der Waals surface area contributed by atoms with E-state index in [1.807, 2.05) is 25.0 Å². The Hall–Kier alpha value is -1.17. The second kappa shape index (κ2) is 11.4. The van der Waals surface area contributed by atoms with Crippen LogP contribution in [0.2, 0.25) is 0 Å². The average Bonchev–Trinajstić information content (AvgIpc) is 2.63. The molecule has 130 valence electrons. The lowest BCUT2D eigenvalue weighted by molar-refractivity contribution is 1.17. The van der Waals surface area contributed by atoms with Crippen molar-refractivity contribution in [2.45, 2.75) is 0 Å². The van der Waals surface area contributed by atoms with Gasteiger partial charge in [0.05, 0.1) is 0 Å². The number of thioether (sulfide) groups is 4. The number of rotatable bonds is 4. The number of hydrogen-bond acceptors (Lipinski definition) is 9. The fraction of sp³-hybridized carbons (Fsp3) is 0.308. The summed E-state index contributed by atoms with van der Waals surface area (Å²) in [5.41, 5.74) is 12.8.